The van der Waals surface area contributed by atoms with Gasteiger partial charge in [-0.3, -0.25) is 0 Å². The Kier molecular flexibility index (Phi) is 4.95. The van der Waals surface area contributed by atoms with Crippen LogP contribution in [0.2, 0.25) is 0 Å². The molecule has 0 spiro atoms. The van der Waals surface area contributed by atoms with E-state index in [-0.39, 0.29) is 11.8 Å². The number of hydrogen-bond donors (Lipinski definition) is 0. The van der Waals surface area contributed by atoms with Crippen molar-refractivity contribution in [2.45, 2.75) is 48.5 Å². The maximum Gasteiger partial charge on any atom is 0.347 e. The van der Waals surface area contributed by atoms with Crippen LogP contribution in [0.1, 0.15) is 49.9 Å². The number of ether oxygens (including phenoxy) is 1. The minimum atomic E-state index is -0.524. The Morgan fingerprint density at radius 1 is 1.00 bits per heavy atom. The summed E-state index contributed by atoms with van der Waals surface area (Å²) in [5, 5.41) is 0. The molecule has 23 heavy (non-hydrogen) atoms. The highest BCUT2D eigenvalue weighted by Crippen LogP contribution is 2.38. The highest BCUT2D eigenvalue weighted by atomic mass is 32.1. The zero-order chi connectivity index (χ0) is 17.5. The van der Waals surface area contributed by atoms with E-state index >= 15 is 0 Å². The van der Waals surface area contributed by atoms with E-state index < -0.39 is 11.9 Å². The molecule has 1 saturated heterocycles. The molecule has 0 N–H and O–H groups in total. The molecular weight excluding hydrogens is 308 g/mol. The van der Waals surface area contributed by atoms with Crippen molar-refractivity contribution in [3.05, 3.63) is 38.1 Å². The molecule has 0 saturated carbocycles. The quantitative estimate of drug-likeness (QED) is 0.452. The Morgan fingerprint density at radius 2 is 1.52 bits per heavy atom. The number of aryl methyl sites for hydroxylation is 2. The molecule has 1 aliphatic heterocycles. The van der Waals surface area contributed by atoms with Gasteiger partial charge in [0.1, 0.15) is 0 Å². The fourth-order valence-corrected chi connectivity index (χ4v) is 4.36. The van der Waals surface area contributed by atoms with Gasteiger partial charge in [0.15, 0.2) is 0 Å². The van der Waals surface area contributed by atoms with Crippen LogP contribution < -0.4 is 0 Å². The normalized spacial score (nSPS) is 17.3. The summed E-state index contributed by atoms with van der Waals surface area (Å²) in [6, 6.07) is 2.07. The van der Waals surface area contributed by atoms with Crippen LogP contribution in [0.3, 0.4) is 0 Å². The first kappa shape index (κ1) is 17.7. The second-order valence-corrected chi connectivity index (χ2v) is 8.10. The van der Waals surface area contributed by atoms with Crippen LogP contribution in [-0.4, -0.2) is 11.9 Å². The summed E-state index contributed by atoms with van der Waals surface area (Å²) in [5.41, 5.74) is 3.75. The van der Waals surface area contributed by atoms with Crippen molar-refractivity contribution in [2.24, 2.45) is 11.8 Å². The third-order valence-electron chi connectivity index (χ3n) is 4.20. The summed E-state index contributed by atoms with van der Waals surface area (Å²) >= 11 is 1.69. The Morgan fingerprint density at radius 3 is 1.96 bits per heavy atom. The molecule has 4 heteroatoms. The van der Waals surface area contributed by atoms with Crippen molar-refractivity contribution in [3.8, 4) is 0 Å². The van der Waals surface area contributed by atoms with Crippen molar-refractivity contribution in [3.63, 3.8) is 0 Å². The molecule has 1 aromatic rings. The van der Waals surface area contributed by atoms with Crippen molar-refractivity contribution in [1.29, 1.82) is 0 Å². The first-order chi connectivity index (χ1) is 10.6. The number of rotatable bonds is 3. The van der Waals surface area contributed by atoms with Gasteiger partial charge >= 0.3 is 11.9 Å². The number of hydrogen-bond acceptors (Lipinski definition) is 4. The minimum Gasteiger partial charge on any atom is -0.386 e. The molecule has 1 aromatic heterocycles. The molecule has 0 unspecified atom stereocenters. The largest absolute Gasteiger partial charge is 0.386 e. The van der Waals surface area contributed by atoms with Crippen molar-refractivity contribution in [1.82, 2.24) is 0 Å². The van der Waals surface area contributed by atoms with Gasteiger partial charge in [0.2, 0.25) is 0 Å². The maximum absolute atomic E-state index is 12.3. The van der Waals surface area contributed by atoms with Crippen LogP contribution in [0.15, 0.2) is 22.8 Å². The van der Waals surface area contributed by atoms with E-state index in [2.05, 4.69) is 6.07 Å². The third-order valence-corrected chi connectivity index (χ3v) is 5.16. The molecule has 1 fully saturated rings. The first-order valence-corrected chi connectivity index (χ1v) is 8.76. The number of carbonyl (C=O) groups is 2. The molecule has 0 bridgehead atoms. The monoisotopic (exact) mass is 332 g/mol. The molecule has 0 aromatic carbocycles. The van der Waals surface area contributed by atoms with Gasteiger partial charge in [0.25, 0.3) is 0 Å². The molecule has 2 rings (SSSR count). The van der Waals surface area contributed by atoms with Crippen LogP contribution in [0.4, 0.5) is 0 Å². The number of esters is 2. The highest BCUT2D eigenvalue weighted by molar-refractivity contribution is 7.12. The fraction of sp³-hybridized carbons (Fsp3) is 0.474. The average molecular weight is 332 g/mol. The van der Waals surface area contributed by atoms with Crippen molar-refractivity contribution >= 4 is 28.8 Å². The molecule has 3 nitrogen and oxygen atoms in total. The Bertz CT molecular complexity index is 720. The highest BCUT2D eigenvalue weighted by Gasteiger charge is 2.39. The minimum absolute atomic E-state index is 0.177. The lowest BCUT2D eigenvalue weighted by Crippen LogP contribution is -2.11. The lowest BCUT2D eigenvalue weighted by molar-refractivity contribution is -0.149. The van der Waals surface area contributed by atoms with E-state index in [1.165, 1.54) is 4.88 Å². The number of carbonyl (C=O) groups excluding carboxylic acids is 2. The van der Waals surface area contributed by atoms with E-state index in [9.17, 15) is 9.59 Å². The van der Waals surface area contributed by atoms with Gasteiger partial charge in [-0.2, -0.15) is 0 Å². The van der Waals surface area contributed by atoms with Crippen LogP contribution in [0, 0.1) is 25.7 Å². The lowest BCUT2D eigenvalue weighted by Gasteiger charge is -2.18. The van der Waals surface area contributed by atoms with E-state index in [1.54, 1.807) is 11.3 Å². The van der Waals surface area contributed by atoms with Crippen LogP contribution in [0.25, 0.3) is 5.57 Å². The molecular formula is C19H24O3S. The Balaban J connectivity index is 2.78. The molecule has 2 heterocycles. The summed E-state index contributed by atoms with van der Waals surface area (Å²) in [5.74, 6) is -0.677. The van der Waals surface area contributed by atoms with E-state index in [0.717, 1.165) is 21.6 Å². The predicted octanol–water partition coefficient (Wildman–Crippen LogP) is 4.83. The van der Waals surface area contributed by atoms with Gasteiger partial charge in [0.05, 0.1) is 11.1 Å². The summed E-state index contributed by atoms with van der Waals surface area (Å²) < 4.78 is 4.97. The van der Waals surface area contributed by atoms with Gasteiger partial charge in [-0.05, 0) is 55.4 Å². The molecule has 0 atom stereocenters. The Labute approximate surface area is 142 Å². The second kappa shape index (κ2) is 6.44. The second-order valence-electron chi connectivity index (χ2n) is 6.64. The maximum atomic E-state index is 12.3. The molecule has 0 amide bonds. The summed E-state index contributed by atoms with van der Waals surface area (Å²) in [7, 11) is 0. The van der Waals surface area contributed by atoms with Crippen molar-refractivity contribution < 1.29 is 14.3 Å². The SMILES string of the molecule is C/C(=C1/C(=O)OC(=O)C1=C(C(C)C)C(C)C)c1cc(C)sc1C. The standard InChI is InChI=1S/C19H24O3S/c1-9(2)15(10(3)4)17-16(18(20)22-19(17)21)12(6)14-8-11(5)23-13(14)7/h8-10H,1-7H3/b16-12-. The van der Waals surface area contributed by atoms with Gasteiger partial charge in [0, 0.05) is 9.75 Å². The molecule has 124 valence electrons. The number of allylic oxidation sites excluding steroid dienone is 2. The average Bonchev–Trinajstić information content (AvgIpc) is 2.88. The summed E-state index contributed by atoms with van der Waals surface area (Å²) in [6.07, 6.45) is 0. The number of cyclic esters (lactones) is 2. The molecule has 0 radical (unpaired) electrons. The molecule has 1 aliphatic rings. The van der Waals surface area contributed by atoms with Gasteiger partial charge in [-0.25, -0.2) is 9.59 Å². The fourth-order valence-electron chi connectivity index (χ4n) is 3.37. The van der Waals surface area contributed by atoms with E-state index in [1.807, 2.05) is 48.5 Å². The van der Waals surface area contributed by atoms with E-state index in [0.29, 0.717) is 11.1 Å². The van der Waals surface area contributed by atoms with Crippen LogP contribution in [0.5, 0.6) is 0 Å². The van der Waals surface area contributed by atoms with E-state index in [4.69, 9.17) is 4.74 Å². The smallest absolute Gasteiger partial charge is 0.347 e. The zero-order valence-corrected chi connectivity index (χ0v) is 15.7. The third kappa shape index (κ3) is 3.18. The number of thiophene rings is 1. The zero-order valence-electron chi connectivity index (χ0n) is 14.9. The summed E-state index contributed by atoms with van der Waals surface area (Å²) in [6.45, 7) is 14.2. The summed E-state index contributed by atoms with van der Waals surface area (Å²) in [4.78, 5) is 27.0. The first-order valence-electron chi connectivity index (χ1n) is 7.94. The Hall–Kier alpha value is -1.68. The van der Waals surface area contributed by atoms with Gasteiger partial charge < -0.3 is 4.74 Å². The topological polar surface area (TPSA) is 43.4 Å². The molecule has 0 aliphatic carbocycles. The predicted molar refractivity (Wildman–Crippen MR) is 94.2 cm³/mol. The van der Waals surface area contributed by atoms with Gasteiger partial charge in [-0.15, -0.1) is 11.3 Å². The van der Waals surface area contributed by atoms with Crippen LogP contribution in [-0.2, 0) is 14.3 Å². The lowest BCUT2D eigenvalue weighted by atomic mass is 9.84. The van der Waals surface area contributed by atoms with Crippen molar-refractivity contribution in [2.75, 3.05) is 0 Å². The van der Waals surface area contributed by atoms with Gasteiger partial charge in [-0.1, -0.05) is 27.7 Å². The van der Waals surface area contributed by atoms with Crippen LogP contribution >= 0.6 is 11.3 Å².